The quantitative estimate of drug-likeness (QED) is 0.747. The lowest BCUT2D eigenvalue weighted by molar-refractivity contribution is -0.141. The predicted molar refractivity (Wildman–Crippen MR) is 65.1 cm³/mol. The second-order valence-electron chi connectivity index (χ2n) is 5.44. The highest BCUT2D eigenvalue weighted by Crippen LogP contribution is 2.46. The van der Waals surface area contributed by atoms with Crippen molar-refractivity contribution >= 4 is 11.9 Å². The van der Waals surface area contributed by atoms with Crippen LogP contribution in [0.5, 0.6) is 0 Å². The van der Waals surface area contributed by atoms with E-state index in [-0.39, 0.29) is 23.3 Å². The minimum Gasteiger partial charge on any atom is -0.481 e. The van der Waals surface area contributed by atoms with Gasteiger partial charge in [-0.3, -0.25) is 9.59 Å². The molecule has 0 saturated heterocycles. The van der Waals surface area contributed by atoms with Crippen molar-refractivity contribution in [2.75, 3.05) is 13.2 Å². The van der Waals surface area contributed by atoms with Crippen molar-refractivity contribution in [1.82, 2.24) is 5.32 Å². The van der Waals surface area contributed by atoms with Crippen molar-refractivity contribution in [3.05, 3.63) is 0 Å². The fourth-order valence-electron chi connectivity index (χ4n) is 2.56. The summed E-state index contributed by atoms with van der Waals surface area (Å²) in [5.41, 5.74) is -0.322. The summed E-state index contributed by atoms with van der Waals surface area (Å²) < 4.78 is 5.35. The van der Waals surface area contributed by atoms with Crippen LogP contribution in [0.1, 0.15) is 39.0 Å². The Bertz CT molecular complexity index is 338. The molecule has 18 heavy (non-hydrogen) atoms. The molecule has 2 atom stereocenters. The SMILES string of the molecule is CCOCC1(C(=O)N[C@@H]2CC[C@H](C(=O)O)C2)CC1. The van der Waals surface area contributed by atoms with E-state index >= 15 is 0 Å². The molecule has 2 fully saturated rings. The zero-order valence-electron chi connectivity index (χ0n) is 10.8. The number of carbonyl (C=O) groups is 2. The number of carboxylic acids is 1. The molecule has 2 saturated carbocycles. The molecule has 0 spiro atoms. The molecule has 0 heterocycles. The molecule has 0 aromatic carbocycles. The first kappa shape index (κ1) is 13.3. The summed E-state index contributed by atoms with van der Waals surface area (Å²) in [4.78, 5) is 23.0. The number of ether oxygens (including phenoxy) is 1. The Hall–Kier alpha value is -1.10. The molecule has 0 unspecified atom stereocenters. The highest BCUT2D eigenvalue weighted by molar-refractivity contribution is 5.85. The standard InChI is InChI=1S/C13H21NO4/c1-2-18-8-13(5-6-13)12(17)14-10-4-3-9(7-10)11(15)16/h9-10H,2-8H2,1H3,(H,14,17)(H,15,16)/t9-,10+/m0/s1. The van der Waals surface area contributed by atoms with Gasteiger partial charge in [0.05, 0.1) is 17.9 Å². The van der Waals surface area contributed by atoms with Gasteiger partial charge in [-0.1, -0.05) is 0 Å². The Morgan fingerprint density at radius 3 is 2.61 bits per heavy atom. The monoisotopic (exact) mass is 255 g/mol. The van der Waals surface area contributed by atoms with Gasteiger partial charge in [-0.05, 0) is 39.0 Å². The summed E-state index contributed by atoms with van der Waals surface area (Å²) in [5.74, 6) is -0.994. The van der Waals surface area contributed by atoms with Gasteiger partial charge in [-0.2, -0.15) is 0 Å². The average Bonchev–Trinajstić information content (AvgIpc) is 2.99. The van der Waals surface area contributed by atoms with E-state index in [0.717, 1.165) is 19.3 Å². The summed E-state index contributed by atoms with van der Waals surface area (Å²) in [6.45, 7) is 3.03. The largest absolute Gasteiger partial charge is 0.481 e. The molecule has 0 aromatic rings. The zero-order chi connectivity index (χ0) is 13.2. The zero-order valence-corrected chi connectivity index (χ0v) is 10.8. The van der Waals surface area contributed by atoms with E-state index in [9.17, 15) is 9.59 Å². The van der Waals surface area contributed by atoms with Gasteiger partial charge < -0.3 is 15.2 Å². The Morgan fingerprint density at radius 2 is 2.11 bits per heavy atom. The van der Waals surface area contributed by atoms with Crippen LogP contribution in [0.2, 0.25) is 0 Å². The fourth-order valence-corrected chi connectivity index (χ4v) is 2.56. The lowest BCUT2D eigenvalue weighted by Gasteiger charge is -2.19. The molecule has 1 amide bonds. The minimum absolute atomic E-state index is 0.0256. The number of rotatable bonds is 6. The Labute approximate surface area is 107 Å². The summed E-state index contributed by atoms with van der Waals surface area (Å²) >= 11 is 0. The number of hydrogen-bond donors (Lipinski definition) is 2. The van der Waals surface area contributed by atoms with Crippen molar-refractivity contribution in [2.24, 2.45) is 11.3 Å². The Balaban J connectivity index is 1.80. The van der Waals surface area contributed by atoms with E-state index in [1.165, 1.54) is 0 Å². The lowest BCUT2D eigenvalue weighted by Crippen LogP contribution is -2.40. The number of aliphatic carboxylic acids is 1. The van der Waals surface area contributed by atoms with Gasteiger partial charge in [-0.15, -0.1) is 0 Å². The lowest BCUT2D eigenvalue weighted by atomic mass is 10.1. The van der Waals surface area contributed by atoms with Crippen molar-refractivity contribution < 1.29 is 19.4 Å². The molecule has 0 aromatic heterocycles. The molecule has 5 nitrogen and oxygen atoms in total. The van der Waals surface area contributed by atoms with Crippen molar-refractivity contribution in [1.29, 1.82) is 0 Å². The maximum atomic E-state index is 12.1. The van der Waals surface area contributed by atoms with Gasteiger partial charge in [0.2, 0.25) is 5.91 Å². The van der Waals surface area contributed by atoms with Crippen LogP contribution >= 0.6 is 0 Å². The van der Waals surface area contributed by atoms with Crippen LogP contribution in [-0.4, -0.2) is 36.2 Å². The van der Waals surface area contributed by atoms with Crippen LogP contribution in [0.4, 0.5) is 0 Å². The Morgan fingerprint density at radius 1 is 1.39 bits per heavy atom. The second-order valence-corrected chi connectivity index (χ2v) is 5.44. The van der Waals surface area contributed by atoms with Crippen LogP contribution in [0.15, 0.2) is 0 Å². The van der Waals surface area contributed by atoms with Crippen LogP contribution in [-0.2, 0) is 14.3 Å². The molecule has 2 aliphatic rings. The molecule has 2 aliphatic carbocycles. The fraction of sp³-hybridized carbons (Fsp3) is 0.846. The maximum Gasteiger partial charge on any atom is 0.306 e. The normalized spacial score (nSPS) is 28.9. The number of amides is 1. The van der Waals surface area contributed by atoms with E-state index in [1.54, 1.807) is 0 Å². The summed E-state index contributed by atoms with van der Waals surface area (Å²) in [5, 5.41) is 11.9. The molecular weight excluding hydrogens is 234 g/mol. The third kappa shape index (κ3) is 2.83. The molecule has 0 aliphatic heterocycles. The first-order valence-corrected chi connectivity index (χ1v) is 6.69. The summed E-state index contributed by atoms with van der Waals surface area (Å²) in [6, 6.07) is 0.0256. The Kier molecular flexibility index (Phi) is 3.90. The maximum absolute atomic E-state index is 12.1. The van der Waals surface area contributed by atoms with Crippen LogP contribution in [0.3, 0.4) is 0 Å². The third-order valence-corrected chi connectivity index (χ3v) is 4.03. The predicted octanol–water partition coefficient (Wildman–Crippen LogP) is 1.17. The number of carbonyl (C=O) groups excluding carboxylic acids is 1. The molecule has 2 rings (SSSR count). The molecule has 0 radical (unpaired) electrons. The van der Waals surface area contributed by atoms with E-state index in [0.29, 0.717) is 26.1 Å². The molecule has 2 N–H and O–H groups in total. The van der Waals surface area contributed by atoms with Crippen LogP contribution in [0, 0.1) is 11.3 Å². The first-order valence-electron chi connectivity index (χ1n) is 6.69. The first-order chi connectivity index (χ1) is 8.57. The molecular formula is C13H21NO4. The van der Waals surface area contributed by atoms with Gasteiger partial charge >= 0.3 is 5.97 Å². The van der Waals surface area contributed by atoms with Crippen LogP contribution < -0.4 is 5.32 Å². The minimum atomic E-state index is -0.748. The molecule has 102 valence electrons. The van der Waals surface area contributed by atoms with Gasteiger partial charge in [0.15, 0.2) is 0 Å². The number of hydrogen-bond acceptors (Lipinski definition) is 3. The van der Waals surface area contributed by atoms with E-state index in [2.05, 4.69) is 5.32 Å². The second kappa shape index (κ2) is 5.26. The third-order valence-electron chi connectivity index (χ3n) is 4.03. The highest BCUT2D eigenvalue weighted by atomic mass is 16.5. The van der Waals surface area contributed by atoms with Gasteiger partial charge in [-0.25, -0.2) is 0 Å². The van der Waals surface area contributed by atoms with E-state index in [1.807, 2.05) is 6.92 Å². The highest BCUT2D eigenvalue weighted by Gasteiger charge is 2.50. The number of carboxylic acid groups (broad SMARTS) is 1. The van der Waals surface area contributed by atoms with E-state index < -0.39 is 5.97 Å². The average molecular weight is 255 g/mol. The molecule has 0 bridgehead atoms. The van der Waals surface area contributed by atoms with Gasteiger partial charge in [0.25, 0.3) is 0 Å². The van der Waals surface area contributed by atoms with Crippen molar-refractivity contribution in [3.8, 4) is 0 Å². The van der Waals surface area contributed by atoms with E-state index in [4.69, 9.17) is 9.84 Å². The molecule has 5 heteroatoms. The van der Waals surface area contributed by atoms with Gasteiger partial charge in [0.1, 0.15) is 0 Å². The van der Waals surface area contributed by atoms with Gasteiger partial charge in [0, 0.05) is 12.6 Å². The summed E-state index contributed by atoms with van der Waals surface area (Å²) in [6.07, 6.45) is 3.76. The van der Waals surface area contributed by atoms with Crippen molar-refractivity contribution in [3.63, 3.8) is 0 Å². The topological polar surface area (TPSA) is 75.6 Å². The summed E-state index contributed by atoms with van der Waals surface area (Å²) in [7, 11) is 0. The van der Waals surface area contributed by atoms with Crippen LogP contribution in [0.25, 0.3) is 0 Å². The smallest absolute Gasteiger partial charge is 0.306 e. The number of nitrogens with one attached hydrogen (secondary N) is 1. The van der Waals surface area contributed by atoms with Crippen molar-refractivity contribution in [2.45, 2.75) is 45.1 Å².